The maximum atomic E-state index is 11.6. The number of aliphatic carboxylic acids is 1. The van der Waals surface area contributed by atoms with Crippen molar-refractivity contribution in [2.75, 3.05) is 0 Å². The zero-order chi connectivity index (χ0) is 14.2. The Bertz CT molecular complexity index is 716. The van der Waals surface area contributed by atoms with Gasteiger partial charge in [0.1, 0.15) is 6.04 Å². The molecule has 0 spiro atoms. The van der Waals surface area contributed by atoms with Gasteiger partial charge in [-0.2, -0.15) is 0 Å². The van der Waals surface area contributed by atoms with Crippen molar-refractivity contribution in [3.8, 4) is 0 Å². The zero-order valence-electron chi connectivity index (χ0n) is 9.48. The summed E-state index contributed by atoms with van der Waals surface area (Å²) in [5.41, 5.74) is 5.37. The third kappa shape index (κ3) is 2.31. The van der Waals surface area contributed by atoms with Gasteiger partial charge in [0.05, 0.1) is 17.0 Å². The Kier molecular flexibility index (Phi) is 3.05. The molecule has 9 heteroatoms. The number of nitrogens with two attached hydrogens (primary N) is 1. The van der Waals surface area contributed by atoms with Crippen LogP contribution >= 0.6 is 0 Å². The molecule has 0 amide bonds. The van der Waals surface area contributed by atoms with Crippen molar-refractivity contribution in [1.82, 2.24) is 4.57 Å². The van der Waals surface area contributed by atoms with Crippen LogP contribution < -0.4 is 11.5 Å². The van der Waals surface area contributed by atoms with E-state index in [1.807, 2.05) is 0 Å². The highest BCUT2D eigenvalue weighted by molar-refractivity contribution is 5.77. The molecule has 100 valence electrons. The number of rotatable bonds is 4. The van der Waals surface area contributed by atoms with Crippen LogP contribution in [0.5, 0.6) is 0 Å². The molecule has 2 aromatic rings. The summed E-state index contributed by atoms with van der Waals surface area (Å²) >= 11 is 0. The Morgan fingerprint density at radius 2 is 2.26 bits per heavy atom. The van der Waals surface area contributed by atoms with Crippen molar-refractivity contribution < 1.29 is 19.2 Å². The molecular formula is C10H9N3O6. The highest BCUT2D eigenvalue weighted by Gasteiger charge is 2.19. The van der Waals surface area contributed by atoms with E-state index in [1.54, 1.807) is 0 Å². The molecule has 19 heavy (non-hydrogen) atoms. The van der Waals surface area contributed by atoms with Crippen molar-refractivity contribution in [3.05, 3.63) is 38.9 Å². The number of hydrogen-bond donors (Lipinski definition) is 2. The lowest BCUT2D eigenvalue weighted by atomic mass is 10.2. The Labute approximate surface area is 105 Å². The molecule has 0 saturated heterocycles. The van der Waals surface area contributed by atoms with Gasteiger partial charge in [0, 0.05) is 12.1 Å². The highest BCUT2D eigenvalue weighted by atomic mass is 16.6. The molecule has 0 bridgehead atoms. The second-order valence-electron chi connectivity index (χ2n) is 3.83. The molecule has 2 rings (SSSR count). The second-order valence-corrected chi connectivity index (χ2v) is 3.83. The molecule has 0 aliphatic heterocycles. The van der Waals surface area contributed by atoms with Gasteiger partial charge in [0.15, 0.2) is 5.58 Å². The minimum absolute atomic E-state index is 0.133. The predicted molar refractivity (Wildman–Crippen MR) is 62.7 cm³/mol. The number of oxazole rings is 1. The first-order valence-electron chi connectivity index (χ1n) is 5.16. The molecule has 0 fully saturated rings. The fraction of sp³-hybridized carbons (Fsp3) is 0.200. The number of nitro groups is 1. The van der Waals surface area contributed by atoms with E-state index in [0.29, 0.717) is 0 Å². The van der Waals surface area contributed by atoms with Crippen molar-refractivity contribution >= 4 is 22.8 Å². The number of carboxylic acids is 1. The lowest BCUT2D eigenvalue weighted by Crippen LogP contribution is -2.37. The first-order chi connectivity index (χ1) is 8.90. The predicted octanol–water partition coefficient (Wildman–Crippen LogP) is -0.0854. The number of aromatic nitrogens is 1. The summed E-state index contributed by atoms with van der Waals surface area (Å²) in [4.78, 5) is 32.3. The number of carbonyl (C=O) groups is 1. The van der Waals surface area contributed by atoms with Crippen LogP contribution in [0.4, 0.5) is 5.69 Å². The number of nitrogens with zero attached hydrogens (tertiary/aromatic N) is 2. The lowest BCUT2D eigenvalue weighted by Gasteiger charge is -2.06. The molecule has 3 N–H and O–H groups in total. The van der Waals surface area contributed by atoms with Crippen LogP contribution in [-0.4, -0.2) is 26.6 Å². The molecule has 0 saturated carbocycles. The van der Waals surface area contributed by atoms with Gasteiger partial charge >= 0.3 is 11.7 Å². The summed E-state index contributed by atoms with van der Waals surface area (Å²) < 4.78 is 5.81. The normalized spacial score (nSPS) is 12.5. The monoisotopic (exact) mass is 267 g/mol. The molecule has 9 nitrogen and oxygen atoms in total. The van der Waals surface area contributed by atoms with Crippen LogP contribution in [0.3, 0.4) is 0 Å². The van der Waals surface area contributed by atoms with Crippen LogP contribution in [0.25, 0.3) is 11.1 Å². The van der Waals surface area contributed by atoms with Crippen LogP contribution in [-0.2, 0) is 11.3 Å². The van der Waals surface area contributed by atoms with E-state index in [1.165, 1.54) is 12.1 Å². The summed E-state index contributed by atoms with van der Waals surface area (Å²) in [5.74, 6) is -2.10. The minimum Gasteiger partial charge on any atom is -0.480 e. The molecule has 1 aromatic carbocycles. The number of fused-ring (bicyclic) bond motifs is 1. The fourth-order valence-corrected chi connectivity index (χ4v) is 1.61. The number of non-ortho nitro benzene ring substituents is 1. The van der Waals surface area contributed by atoms with Gasteiger partial charge in [0.2, 0.25) is 0 Å². The van der Waals surface area contributed by atoms with Crippen molar-refractivity contribution in [2.45, 2.75) is 12.6 Å². The molecule has 1 aromatic heterocycles. The minimum atomic E-state index is -1.31. The molecule has 1 unspecified atom stereocenters. The van der Waals surface area contributed by atoms with Gasteiger partial charge in [-0.25, -0.2) is 4.79 Å². The quantitative estimate of drug-likeness (QED) is 0.582. The number of benzene rings is 1. The largest absolute Gasteiger partial charge is 0.480 e. The molecule has 0 aliphatic carbocycles. The Morgan fingerprint density at radius 3 is 2.84 bits per heavy atom. The number of hydrogen-bond acceptors (Lipinski definition) is 6. The van der Waals surface area contributed by atoms with Gasteiger partial charge < -0.3 is 15.3 Å². The molecule has 0 radical (unpaired) electrons. The summed E-state index contributed by atoms with van der Waals surface area (Å²) in [6.45, 7) is -0.331. The van der Waals surface area contributed by atoms with Gasteiger partial charge in [-0.05, 0) is 6.07 Å². The fourth-order valence-electron chi connectivity index (χ4n) is 1.61. The smallest absolute Gasteiger partial charge is 0.420 e. The Hall–Kier alpha value is -2.68. The maximum absolute atomic E-state index is 11.6. The van der Waals surface area contributed by atoms with Gasteiger partial charge in [0.25, 0.3) is 5.69 Å². The number of nitro benzene ring substituents is 1. The zero-order valence-corrected chi connectivity index (χ0v) is 9.48. The van der Waals surface area contributed by atoms with Gasteiger partial charge in [-0.1, -0.05) is 0 Å². The van der Waals surface area contributed by atoms with Crippen molar-refractivity contribution in [2.24, 2.45) is 5.73 Å². The van der Waals surface area contributed by atoms with Gasteiger partial charge in [-0.3, -0.25) is 19.5 Å². The molecule has 0 aliphatic rings. The lowest BCUT2D eigenvalue weighted by molar-refractivity contribution is -0.384. The highest BCUT2D eigenvalue weighted by Crippen LogP contribution is 2.20. The first-order valence-corrected chi connectivity index (χ1v) is 5.16. The van der Waals surface area contributed by atoms with E-state index >= 15 is 0 Å². The average molecular weight is 267 g/mol. The summed E-state index contributed by atoms with van der Waals surface area (Å²) in [5, 5.41) is 19.4. The van der Waals surface area contributed by atoms with E-state index in [9.17, 15) is 19.7 Å². The Balaban J connectivity index is 2.56. The molecular weight excluding hydrogens is 258 g/mol. The average Bonchev–Trinajstić information content (AvgIpc) is 2.65. The van der Waals surface area contributed by atoms with Crippen LogP contribution in [0.2, 0.25) is 0 Å². The van der Waals surface area contributed by atoms with Crippen molar-refractivity contribution in [3.63, 3.8) is 0 Å². The first kappa shape index (κ1) is 12.8. The SMILES string of the molecule is NC(Cn1c(=O)oc2ccc([N+](=O)[O-])cc21)C(=O)O. The summed E-state index contributed by atoms with van der Waals surface area (Å²) in [7, 11) is 0. The summed E-state index contributed by atoms with van der Waals surface area (Å²) in [6.07, 6.45) is 0. The van der Waals surface area contributed by atoms with E-state index in [4.69, 9.17) is 15.3 Å². The standard InChI is InChI=1S/C10H9N3O6/c11-6(9(14)15)4-12-7-3-5(13(17)18)1-2-8(7)19-10(12)16/h1-3,6H,4,11H2,(H,14,15). The second kappa shape index (κ2) is 4.53. The Morgan fingerprint density at radius 1 is 1.58 bits per heavy atom. The van der Waals surface area contributed by atoms with E-state index in [2.05, 4.69) is 0 Å². The van der Waals surface area contributed by atoms with E-state index < -0.39 is 22.7 Å². The van der Waals surface area contributed by atoms with Gasteiger partial charge in [-0.15, -0.1) is 0 Å². The topological polar surface area (TPSA) is 142 Å². The van der Waals surface area contributed by atoms with E-state index in [0.717, 1.165) is 10.6 Å². The third-order valence-corrected chi connectivity index (χ3v) is 2.56. The van der Waals surface area contributed by atoms with Crippen LogP contribution in [0, 0.1) is 10.1 Å². The third-order valence-electron chi connectivity index (χ3n) is 2.56. The van der Waals surface area contributed by atoms with Crippen LogP contribution in [0.1, 0.15) is 0 Å². The maximum Gasteiger partial charge on any atom is 0.420 e. The van der Waals surface area contributed by atoms with E-state index in [-0.39, 0.29) is 23.3 Å². The van der Waals surface area contributed by atoms with Crippen molar-refractivity contribution in [1.29, 1.82) is 0 Å². The molecule has 1 heterocycles. The number of carboxylic acid groups (broad SMARTS) is 1. The molecule has 1 atom stereocenters. The van der Waals surface area contributed by atoms with Crippen LogP contribution in [0.15, 0.2) is 27.4 Å². The summed E-state index contributed by atoms with van der Waals surface area (Å²) in [6, 6.07) is 2.29.